The molecule has 3 rings (SSSR count). The summed E-state index contributed by atoms with van der Waals surface area (Å²) in [7, 11) is 0. The highest BCUT2D eigenvalue weighted by Crippen LogP contribution is 2.41. The molecule has 104 valence electrons. The van der Waals surface area contributed by atoms with Gasteiger partial charge in [0, 0.05) is 12.4 Å². The first-order valence-corrected chi connectivity index (χ1v) is 6.90. The Morgan fingerprint density at radius 1 is 1.00 bits per heavy atom. The number of hydrogen-bond donors (Lipinski definition) is 0. The third kappa shape index (κ3) is 3.64. The van der Waals surface area contributed by atoms with E-state index in [1.165, 1.54) is 0 Å². The molecule has 2 aromatic rings. The Kier molecular flexibility index (Phi) is 5.01. The van der Waals surface area contributed by atoms with Crippen molar-refractivity contribution in [1.82, 2.24) is 9.97 Å². The van der Waals surface area contributed by atoms with Crippen molar-refractivity contribution in [3.05, 3.63) is 60.2 Å². The Morgan fingerprint density at radius 2 is 1.71 bits per heavy atom. The molecule has 0 atom stereocenters. The van der Waals surface area contributed by atoms with E-state index in [2.05, 4.69) is 16.0 Å². The molecular weight excluding hydrogens is 260 g/mol. The van der Waals surface area contributed by atoms with E-state index in [-0.39, 0.29) is 5.41 Å². The normalized spacial score (nSPS) is 14.6. The fourth-order valence-electron chi connectivity index (χ4n) is 2.19. The molecule has 2 aromatic heterocycles. The van der Waals surface area contributed by atoms with E-state index < -0.39 is 0 Å². The van der Waals surface area contributed by atoms with Crippen LogP contribution in [0.5, 0.6) is 0 Å². The van der Waals surface area contributed by atoms with Gasteiger partial charge in [-0.1, -0.05) is 12.1 Å². The molecule has 0 amide bonds. The van der Waals surface area contributed by atoms with Gasteiger partial charge in [0.1, 0.15) is 0 Å². The lowest BCUT2D eigenvalue weighted by Crippen LogP contribution is -2.33. The van der Waals surface area contributed by atoms with E-state index in [1.807, 2.05) is 42.5 Å². The number of nitriles is 2. The van der Waals surface area contributed by atoms with Crippen LogP contribution in [0, 0.1) is 22.7 Å². The molecule has 4 heteroatoms. The largest absolute Gasteiger partial charge is 0.260 e. The van der Waals surface area contributed by atoms with Crippen molar-refractivity contribution in [3.8, 4) is 12.1 Å². The lowest BCUT2D eigenvalue weighted by molar-refractivity contribution is 0.316. The minimum atomic E-state index is -0.249. The summed E-state index contributed by atoms with van der Waals surface area (Å²) in [6.07, 6.45) is 6.95. The van der Waals surface area contributed by atoms with Crippen LogP contribution < -0.4 is 0 Å². The predicted octanol–water partition coefficient (Wildman–Crippen LogP) is 3.17. The molecule has 2 heterocycles. The number of nitrogens with zero attached hydrogens (tertiary/aromatic N) is 4. The maximum Gasteiger partial charge on any atom is 0.0993 e. The van der Waals surface area contributed by atoms with Crippen LogP contribution in [0.1, 0.15) is 30.7 Å². The van der Waals surface area contributed by atoms with Crippen molar-refractivity contribution < 1.29 is 0 Å². The summed E-state index contributed by atoms with van der Waals surface area (Å²) in [4.78, 5) is 8.17. The molecule has 0 unspecified atom stereocenters. The molecule has 21 heavy (non-hydrogen) atoms. The molecule has 1 aliphatic carbocycles. The van der Waals surface area contributed by atoms with Gasteiger partial charge in [-0.05, 0) is 43.5 Å². The monoisotopic (exact) mass is 276 g/mol. The number of rotatable bonds is 2. The quantitative estimate of drug-likeness (QED) is 0.844. The fraction of sp³-hybridized carbons (Fsp3) is 0.294. The Bertz CT molecular complexity index is 634. The number of hydrogen-bond acceptors (Lipinski definition) is 4. The first-order chi connectivity index (χ1) is 10.3. The lowest BCUT2D eigenvalue weighted by atomic mass is 9.67. The topological polar surface area (TPSA) is 73.4 Å². The average molecular weight is 276 g/mol. The molecular formula is C17H16N4. The highest BCUT2D eigenvalue weighted by atomic mass is 14.7. The van der Waals surface area contributed by atoms with Crippen LogP contribution in [0.15, 0.2) is 48.8 Å². The summed E-state index contributed by atoms with van der Waals surface area (Å²) in [5.41, 5.74) is 1.53. The SMILES string of the molecule is N#CC1(c2ccccn2)CCC1.N#CCc1ccccn1. The maximum atomic E-state index is 9.00. The van der Waals surface area contributed by atoms with Crippen molar-refractivity contribution in [3.63, 3.8) is 0 Å². The molecule has 4 nitrogen and oxygen atoms in total. The second-order valence-corrected chi connectivity index (χ2v) is 4.92. The van der Waals surface area contributed by atoms with Crippen LogP contribution in [0.2, 0.25) is 0 Å². The van der Waals surface area contributed by atoms with Crippen LogP contribution in [-0.4, -0.2) is 9.97 Å². The second kappa shape index (κ2) is 7.17. The van der Waals surface area contributed by atoms with Crippen molar-refractivity contribution in [2.45, 2.75) is 31.1 Å². The van der Waals surface area contributed by atoms with Crippen molar-refractivity contribution in [2.75, 3.05) is 0 Å². The Morgan fingerprint density at radius 3 is 2.14 bits per heavy atom. The summed E-state index contributed by atoms with van der Waals surface area (Å²) in [6, 6.07) is 15.7. The highest BCUT2D eigenvalue weighted by Gasteiger charge is 2.39. The van der Waals surface area contributed by atoms with E-state index in [1.54, 1.807) is 12.4 Å². The zero-order valence-corrected chi connectivity index (χ0v) is 11.7. The summed E-state index contributed by atoms with van der Waals surface area (Å²) >= 11 is 0. The smallest absolute Gasteiger partial charge is 0.0993 e. The zero-order chi connectivity index (χ0) is 15.0. The van der Waals surface area contributed by atoms with Gasteiger partial charge in [-0.2, -0.15) is 10.5 Å². The van der Waals surface area contributed by atoms with Crippen molar-refractivity contribution in [2.24, 2.45) is 0 Å². The van der Waals surface area contributed by atoms with Gasteiger partial charge in [-0.15, -0.1) is 0 Å². The summed E-state index contributed by atoms with van der Waals surface area (Å²) in [6.45, 7) is 0. The number of aromatic nitrogens is 2. The van der Waals surface area contributed by atoms with Crippen molar-refractivity contribution >= 4 is 0 Å². The molecule has 0 spiro atoms. The minimum Gasteiger partial charge on any atom is -0.260 e. The van der Waals surface area contributed by atoms with Gasteiger partial charge in [0.15, 0.2) is 0 Å². The fourth-order valence-corrected chi connectivity index (χ4v) is 2.19. The first-order valence-electron chi connectivity index (χ1n) is 6.90. The maximum absolute atomic E-state index is 9.00. The van der Waals surface area contributed by atoms with Crippen LogP contribution in [0.25, 0.3) is 0 Å². The third-order valence-electron chi connectivity index (χ3n) is 3.56. The van der Waals surface area contributed by atoms with E-state index >= 15 is 0 Å². The summed E-state index contributed by atoms with van der Waals surface area (Å²) in [5, 5.41) is 17.2. The molecule has 0 bridgehead atoms. The van der Waals surface area contributed by atoms with Gasteiger partial charge in [0.2, 0.25) is 0 Å². The molecule has 1 aliphatic rings. The summed E-state index contributed by atoms with van der Waals surface area (Å²) in [5.74, 6) is 0. The van der Waals surface area contributed by atoms with E-state index in [0.29, 0.717) is 6.42 Å². The molecule has 0 aromatic carbocycles. The Hall–Kier alpha value is -2.72. The summed E-state index contributed by atoms with van der Waals surface area (Å²) < 4.78 is 0. The Labute approximate surface area is 124 Å². The minimum absolute atomic E-state index is 0.249. The Balaban J connectivity index is 0.000000161. The third-order valence-corrected chi connectivity index (χ3v) is 3.56. The van der Waals surface area contributed by atoms with Crippen molar-refractivity contribution in [1.29, 1.82) is 10.5 Å². The van der Waals surface area contributed by atoms with E-state index in [9.17, 15) is 0 Å². The molecule has 0 N–H and O–H groups in total. The molecule has 0 saturated heterocycles. The van der Waals surface area contributed by atoms with Crippen LogP contribution in [-0.2, 0) is 11.8 Å². The number of pyridine rings is 2. The van der Waals surface area contributed by atoms with Crippen LogP contribution in [0.3, 0.4) is 0 Å². The van der Waals surface area contributed by atoms with Gasteiger partial charge in [-0.3, -0.25) is 9.97 Å². The molecule has 1 fully saturated rings. The standard InChI is InChI=1S/C10H10N2.C7H6N2/c11-8-10(5-3-6-10)9-4-1-2-7-12-9;8-5-4-7-3-1-2-6-9-7/h1-2,4,7H,3,5-6H2;1-3,6H,4H2. The highest BCUT2D eigenvalue weighted by molar-refractivity contribution is 5.29. The second-order valence-electron chi connectivity index (χ2n) is 4.92. The van der Waals surface area contributed by atoms with Gasteiger partial charge >= 0.3 is 0 Å². The van der Waals surface area contributed by atoms with E-state index in [0.717, 1.165) is 30.7 Å². The van der Waals surface area contributed by atoms with Gasteiger partial charge in [0.05, 0.1) is 35.4 Å². The molecule has 0 aliphatic heterocycles. The van der Waals surface area contributed by atoms with E-state index in [4.69, 9.17) is 10.5 Å². The van der Waals surface area contributed by atoms with Gasteiger partial charge in [0.25, 0.3) is 0 Å². The molecule has 0 radical (unpaired) electrons. The predicted molar refractivity (Wildman–Crippen MR) is 78.9 cm³/mol. The average Bonchev–Trinajstić information content (AvgIpc) is 2.50. The lowest BCUT2D eigenvalue weighted by Gasteiger charge is -2.34. The van der Waals surface area contributed by atoms with Gasteiger partial charge < -0.3 is 0 Å². The van der Waals surface area contributed by atoms with Gasteiger partial charge in [-0.25, -0.2) is 0 Å². The van der Waals surface area contributed by atoms with Crippen LogP contribution >= 0.6 is 0 Å². The first kappa shape index (κ1) is 14.7. The molecule has 1 saturated carbocycles. The zero-order valence-electron chi connectivity index (χ0n) is 11.7. The van der Waals surface area contributed by atoms with Crippen LogP contribution in [0.4, 0.5) is 0 Å².